The third kappa shape index (κ3) is 4.89. The van der Waals surface area contributed by atoms with E-state index in [4.69, 9.17) is 16.3 Å². The standard InChI is InChI=1S/C24H31ClN2O4S/c1-6-24(7-2)15-21(19-10-8-9-11-22(19)31-24)26-23(28)17(4)27(32(5,29)30)18-13-12-16(3)20(25)14-18/h8-14,17,21H,6-7,15H2,1-5H3,(H,26,28)/t17-,21+/m0/s1. The van der Waals surface area contributed by atoms with Crippen molar-refractivity contribution in [1.29, 1.82) is 0 Å². The number of hydrogen-bond acceptors (Lipinski definition) is 4. The van der Waals surface area contributed by atoms with Gasteiger partial charge in [0.05, 0.1) is 18.0 Å². The normalized spacial score (nSPS) is 18.2. The number of carbonyl (C=O) groups excluding carboxylic acids is 1. The molecule has 1 aliphatic rings. The van der Waals surface area contributed by atoms with E-state index in [1.54, 1.807) is 25.1 Å². The van der Waals surface area contributed by atoms with E-state index in [2.05, 4.69) is 19.2 Å². The van der Waals surface area contributed by atoms with E-state index in [1.807, 2.05) is 31.2 Å². The predicted octanol–water partition coefficient (Wildman–Crippen LogP) is 5.00. The number of anilines is 1. The van der Waals surface area contributed by atoms with Crippen LogP contribution in [0.2, 0.25) is 5.02 Å². The molecular weight excluding hydrogens is 448 g/mol. The Hall–Kier alpha value is -2.25. The predicted molar refractivity (Wildman–Crippen MR) is 129 cm³/mol. The second-order valence-corrected chi connectivity index (χ2v) is 10.7. The number of benzene rings is 2. The molecule has 8 heteroatoms. The van der Waals surface area contributed by atoms with E-state index in [0.29, 0.717) is 17.1 Å². The van der Waals surface area contributed by atoms with Crippen molar-refractivity contribution in [2.24, 2.45) is 0 Å². The molecule has 0 saturated heterocycles. The Labute approximate surface area is 196 Å². The average molecular weight is 479 g/mol. The fourth-order valence-corrected chi connectivity index (χ4v) is 5.59. The average Bonchev–Trinajstić information content (AvgIpc) is 2.75. The summed E-state index contributed by atoms with van der Waals surface area (Å²) in [6.45, 7) is 7.57. The highest BCUT2D eigenvalue weighted by atomic mass is 35.5. The molecule has 0 bridgehead atoms. The number of nitrogens with zero attached hydrogens (tertiary/aromatic N) is 1. The zero-order valence-electron chi connectivity index (χ0n) is 19.2. The van der Waals surface area contributed by atoms with Crippen molar-refractivity contribution in [3.8, 4) is 5.75 Å². The smallest absolute Gasteiger partial charge is 0.244 e. The van der Waals surface area contributed by atoms with Gasteiger partial charge >= 0.3 is 0 Å². The highest BCUT2D eigenvalue weighted by molar-refractivity contribution is 7.92. The van der Waals surface area contributed by atoms with Gasteiger partial charge in [0.2, 0.25) is 15.9 Å². The molecule has 1 aliphatic heterocycles. The van der Waals surface area contributed by atoms with Crippen molar-refractivity contribution in [3.63, 3.8) is 0 Å². The number of para-hydroxylation sites is 1. The summed E-state index contributed by atoms with van der Waals surface area (Å²) in [5.41, 5.74) is 1.70. The minimum atomic E-state index is -3.74. The van der Waals surface area contributed by atoms with Gasteiger partial charge in [0.25, 0.3) is 0 Å². The number of amides is 1. The maximum absolute atomic E-state index is 13.3. The molecule has 1 amide bonds. The van der Waals surface area contributed by atoms with Crippen LogP contribution in [0.1, 0.15) is 57.2 Å². The number of nitrogens with one attached hydrogen (secondary N) is 1. The molecule has 0 radical (unpaired) electrons. The summed E-state index contributed by atoms with van der Waals surface area (Å²) >= 11 is 6.23. The first kappa shape index (κ1) is 24.4. The zero-order valence-corrected chi connectivity index (χ0v) is 20.8. The summed E-state index contributed by atoms with van der Waals surface area (Å²) in [6, 6.07) is 11.4. The molecule has 0 fully saturated rings. The fraction of sp³-hybridized carbons (Fsp3) is 0.458. The van der Waals surface area contributed by atoms with Crippen LogP contribution in [0.25, 0.3) is 0 Å². The van der Waals surface area contributed by atoms with Gasteiger partial charge in [-0.2, -0.15) is 0 Å². The molecule has 6 nitrogen and oxygen atoms in total. The zero-order chi connectivity index (χ0) is 23.7. The van der Waals surface area contributed by atoms with Gasteiger partial charge in [-0.3, -0.25) is 9.10 Å². The summed E-state index contributed by atoms with van der Waals surface area (Å²) in [6.07, 6.45) is 3.31. The van der Waals surface area contributed by atoms with Crippen molar-refractivity contribution in [2.45, 2.75) is 64.6 Å². The number of sulfonamides is 1. The molecule has 32 heavy (non-hydrogen) atoms. The molecule has 0 unspecified atom stereocenters. The second kappa shape index (κ2) is 9.32. The van der Waals surface area contributed by atoms with E-state index < -0.39 is 16.1 Å². The number of fused-ring (bicyclic) bond motifs is 1. The molecule has 1 N–H and O–H groups in total. The largest absolute Gasteiger partial charge is 0.487 e. The fourth-order valence-electron chi connectivity index (χ4n) is 4.25. The molecule has 2 atom stereocenters. The summed E-state index contributed by atoms with van der Waals surface area (Å²) in [5, 5.41) is 3.53. The Morgan fingerprint density at radius 3 is 2.50 bits per heavy atom. The SMILES string of the molecule is CCC1(CC)C[C@@H](NC(=O)[C@H](C)N(c2ccc(C)c(Cl)c2)S(C)(=O)=O)c2ccccc2O1. The lowest BCUT2D eigenvalue weighted by atomic mass is 9.83. The Morgan fingerprint density at radius 2 is 1.91 bits per heavy atom. The van der Waals surface area contributed by atoms with Crippen LogP contribution in [-0.2, 0) is 14.8 Å². The summed E-state index contributed by atoms with van der Waals surface area (Å²) in [7, 11) is -3.74. The van der Waals surface area contributed by atoms with E-state index in [-0.39, 0.29) is 17.6 Å². The molecule has 0 saturated carbocycles. The monoisotopic (exact) mass is 478 g/mol. The Kier molecular flexibility index (Phi) is 7.10. The van der Waals surface area contributed by atoms with Crippen molar-refractivity contribution >= 4 is 33.2 Å². The van der Waals surface area contributed by atoms with Gasteiger partial charge in [-0.1, -0.05) is 49.7 Å². The van der Waals surface area contributed by atoms with Crippen molar-refractivity contribution in [2.75, 3.05) is 10.6 Å². The number of carbonyl (C=O) groups is 1. The topological polar surface area (TPSA) is 75.7 Å². The summed E-state index contributed by atoms with van der Waals surface area (Å²) in [4.78, 5) is 13.3. The molecular formula is C24H31ClN2O4S. The quantitative estimate of drug-likeness (QED) is 0.607. The number of ether oxygens (including phenoxy) is 1. The van der Waals surface area contributed by atoms with Crippen LogP contribution in [0, 0.1) is 6.92 Å². The number of aryl methyl sites for hydroxylation is 1. The molecule has 2 aromatic carbocycles. The van der Waals surface area contributed by atoms with Gasteiger partial charge in [0, 0.05) is 17.0 Å². The maximum Gasteiger partial charge on any atom is 0.244 e. The van der Waals surface area contributed by atoms with Crippen LogP contribution in [-0.4, -0.2) is 32.2 Å². The number of halogens is 1. The second-order valence-electron chi connectivity index (χ2n) is 8.46. The van der Waals surface area contributed by atoms with Crippen molar-refractivity contribution in [3.05, 3.63) is 58.6 Å². The lowest BCUT2D eigenvalue weighted by molar-refractivity contribution is -0.123. The van der Waals surface area contributed by atoms with Gasteiger partial charge < -0.3 is 10.1 Å². The van der Waals surface area contributed by atoms with Gasteiger partial charge in [-0.05, 0) is 50.5 Å². The number of hydrogen-bond donors (Lipinski definition) is 1. The summed E-state index contributed by atoms with van der Waals surface area (Å²) < 4.78 is 32.7. The minimum absolute atomic E-state index is 0.280. The first-order valence-corrected chi connectivity index (χ1v) is 13.1. The van der Waals surface area contributed by atoms with Crippen LogP contribution in [0.5, 0.6) is 5.75 Å². The Bertz CT molecular complexity index is 1100. The van der Waals surface area contributed by atoms with Crippen LogP contribution in [0.3, 0.4) is 0 Å². The Balaban J connectivity index is 1.92. The minimum Gasteiger partial charge on any atom is -0.487 e. The first-order chi connectivity index (χ1) is 15.0. The Morgan fingerprint density at radius 1 is 1.25 bits per heavy atom. The third-order valence-electron chi connectivity index (χ3n) is 6.30. The van der Waals surface area contributed by atoms with Crippen molar-refractivity contribution < 1.29 is 17.9 Å². The molecule has 174 valence electrons. The highest BCUT2D eigenvalue weighted by Crippen LogP contribution is 2.42. The molecule has 1 heterocycles. The summed E-state index contributed by atoms with van der Waals surface area (Å²) in [5.74, 6) is 0.376. The highest BCUT2D eigenvalue weighted by Gasteiger charge is 2.40. The van der Waals surface area contributed by atoms with Crippen LogP contribution >= 0.6 is 11.6 Å². The maximum atomic E-state index is 13.3. The van der Waals surface area contributed by atoms with Crippen LogP contribution in [0.4, 0.5) is 5.69 Å². The van der Waals surface area contributed by atoms with E-state index >= 15 is 0 Å². The molecule has 2 aromatic rings. The van der Waals surface area contributed by atoms with Gasteiger partial charge in [-0.25, -0.2) is 8.42 Å². The van der Waals surface area contributed by atoms with Crippen molar-refractivity contribution in [1.82, 2.24) is 5.32 Å². The third-order valence-corrected chi connectivity index (χ3v) is 7.95. The van der Waals surface area contributed by atoms with E-state index in [9.17, 15) is 13.2 Å². The molecule has 0 aromatic heterocycles. The molecule has 3 rings (SSSR count). The van der Waals surface area contributed by atoms with Gasteiger partial charge in [-0.15, -0.1) is 0 Å². The molecule has 0 spiro atoms. The van der Waals surface area contributed by atoms with Gasteiger partial charge in [0.1, 0.15) is 17.4 Å². The lowest BCUT2D eigenvalue weighted by Gasteiger charge is -2.42. The van der Waals surface area contributed by atoms with E-state index in [0.717, 1.165) is 40.3 Å². The van der Waals surface area contributed by atoms with Crippen LogP contribution < -0.4 is 14.4 Å². The van der Waals surface area contributed by atoms with Gasteiger partial charge in [0.15, 0.2) is 0 Å². The lowest BCUT2D eigenvalue weighted by Crippen LogP contribution is -2.51. The first-order valence-electron chi connectivity index (χ1n) is 10.8. The molecule has 0 aliphatic carbocycles. The number of rotatable bonds is 7. The van der Waals surface area contributed by atoms with Crippen LogP contribution in [0.15, 0.2) is 42.5 Å². The van der Waals surface area contributed by atoms with E-state index in [1.165, 1.54) is 0 Å².